The molecule has 0 aliphatic heterocycles. The van der Waals surface area contributed by atoms with Crippen molar-refractivity contribution < 1.29 is 9.18 Å². The predicted octanol–water partition coefficient (Wildman–Crippen LogP) is 4.04. The van der Waals surface area contributed by atoms with E-state index in [4.69, 9.17) is 16.9 Å². The highest BCUT2D eigenvalue weighted by Gasteiger charge is 2.18. The van der Waals surface area contributed by atoms with Gasteiger partial charge in [-0.3, -0.25) is 4.79 Å². The second kappa shape index (κ2) is 6.87. The smallest absolute Gasteiger partial charge is 0.258 e. The summed E-state index contributed by atoms with van der Waals surface area (Å²) in [5, 5.41) is 8.63. The maximum atomic E-state index is 13.2. The summed E-state index contributed by atoms with van der Waals surface area (Å²) >= 11 is 5.71. The van der Waals surface area contributed by atoms with Crippen LogP contribution >= 0.6 is 11.6 Å². The average Bonchev–Trinajstić information content (AvgIpc) is 2.51. The number of hydrogen-bond donors (Lipinski definition) is 0. The SMILES string of the molecule is N#CCCN(C(=O)c1ccc(F)c(Cl)c1)c1ccccc1. The van der Waals surface area contributed by atoms with Crippen molar-refractivity contribution in [2.45, 2.75) is 6.42 Å². The molecule has 0 unspecified atom stereocenters. The highest BCUT2D eigenvalue weighted by molar-refractivity contribution is 6.31. The van der Waals surface area contributed by atoms with Gasteiger partial charge in [0.25, 0.3) is 5.91 Å². The number of carbonyl (C=O) groups is 1. The van der Waals surface area contributed by atoms with Crippen molar-refractivity contribution in [2.24, 2.45) is 0 Å². The predicted molar refractivity (Wildman–Crippen MR) is 79.8 cm³/mol. The molecule has 0 aromatic heterocycles. The Labute approximate surface area is 127 Å². The fraction of sp³-hybridized carbons (Fsp3) is 0.125. The highest BCUT2D eigenvalue weighted by Crippen LogP contribution is 2.21. The van der Waals surface area contributed by atoms with Gasteiger partial charge in [0.05, 0.1) is 17.5 Å². The van der Waals surface area contributed by atoms with Crippen LogP contribution in [0.25, 0.3) is 0 Å². The summed E-state index contributed by atoms with van der Waals surface area (Å²) in [7, 11) is 0. The van der Waals surface area contributed by atoms with Crippen LogP contribution in [-0.2, 0) is 0 Å². The quantitative estimate of drug-likeness (QED) is 0.855. The van der Waals surface area contributed by atoms with Crippen molar-refractivity contribution in [3.63, 3.8) is 0 Å². The van der Waals surface area contributed by atoms with E-state index in [1.807, 2.05) is 12.1 Å². The lowest BCUT2D eigenvalue weighted by molar-refractivity contribution is 0.0987. The van der Waals surface area contributed by atoms with Crippen LogP contribution in [0.2, 0.25) is 5.02 Å². The van der Waals surface area contributed by atoms with Gasteiger partial charge < -0.3 is 4.90 Å². The zero-order chi connectivity index (χ0) is 15.2. The number of nitriles is 1. The molecule has 0 atom stereocenters. The number of amides is 1. The van der Waals surface area contributed by atoms with Gasteiger partial charge >= 0.3 is 0 Å². The van der Waals surface area contributed by atoms with Crippen molar-refractivity contribution in [2.75, 3.05) is 11.4 Å². The number of rotatable bonds is 4. The van der Waals surface area contributed by atoms with Gasteiger partial charge in [-0.25, -0.2) is 4.39 Å². The first-order chi connectivity index (χ1) is 10.1. The molecule has 0 saturated carbocycles. The van der Waals surface area contributed by atoms with Crippen molar-refractivity contribution in [1.82, 2.24) is 0 Å². The van der Waals surface area contributed by atoms with Crippen LogP contribution in [0.15, 0.2) is 48.5 Å². The summed E-state index contributed by atoms with van der Waals surface area (Å²) < 4.78 is 13.2. The second-order valence-corrected chi connectivity index (χ2v) is 4.74. The topological polar surface area (TPSA) is 44.1 Å². The maximum absolute atomic E-state index is 13.2. The molecule has 2 aromatic rings. The first-order valence-corrected chi connectivity index (χ1v) is 6.70. The number of carbonyl (C=O) groups excluding carboxylic acids is 1. The summed E-state index contributed by atoms with van der Waals surface area (Å²) in [5.41, 5.74) is 0.960. The Balaban J connectivity index is 2.34. The summed E-state index contributed by atoms with van der Waals surface area (Å²) in [5.74, 6) is -0.894. The molecule has 21 heavy (non-hydrogen) atoms. The second-order valence-electron chi connectivity index (χ2n) is 4.33. The fourth-order valence-electron chi connectivity index (χ4n) is 1.90. The summed E-state index contributed by atoms with van der Waals surface area (Å²) in [6.45, 7) is 0.258. The van der Waals surface area contributed by atoms with E-state index in [-0.39, 0.29) is 29.5 Å². The van der Waals surface area contributed by atoms with E-state index < -0.39 is 5.82 Å². The fourth-order valence-corrected chi connectivity index (χ4v) is 2.08. The van der Waals surface area contributed by atoms with Gasteiger partial charge in [0.1, 0.15) is 5.82 Å². The lowest BCUT2D eigenvalue weighted by Gasteiger charge is -2.22. The summed E-state index contributed by atoms with van der Waals surface area (Å²) in [6, 6.07) is 14.8. The first kappa shape index (κ1) is 15.0. The molecule has 0 saturated heterocycles. The van der Waals surface area contributed by atoms with E-state index in [0.717, 1.165) is 6.07 Å². The minimum absolute atomic E-state index is 0.103. The molecule has 1 amide bonds. The number of hydrogen-bond acceptors (Lipinski definition) is 2. The van der Waals surface area contributed by atoms with E-state index >= 15 is 0 Å². The number of para-hydroxylation sites is 1. The Bertz CT molecular complexity index is 682. The molecule has 5 heteroatoms. The van der Waals surface area contributed by atoms with Gasteiger partial charge in [-0.1, -0.05) is 29.8 Å². The number of benzene rings is 2. The van der Waals surface area contributed by atoms with Crippen LogP contribution in [0.5, 0.6) is 0 Å². The van der Waals surface area contributed by atoms with Crippen molar-refractivity contribution in [1.29, 1.82) is 5.26 Å². The largest absolute Gasteiger partial charge is 0.307 e. The highest BCUT2D eigenvalue weighted by atomic mass is 35.5. The first-order valence-electron chi connectivity index (χ1n) is 6.32. The Kier molecular flexibility index (Phi) is 4.91. The Morgan fingerprint density at radius 2 is 1.95 bits per heavy atom. The van der Waals surface area contributed by atoms with Crippen LogP contribution in [0.4, 0.5) is 10.1 Å². The van der Waals surface area contributed by atoms with Gasteiger partial charge in [-0.05, 0) is 30.3 Å². The molecule has 2 aromatic carbocycles. The molecule has 0 bridgehead atoms. The molecule has 0 fully saturated rings. The zero-order valence-corrected chi connectivity index (χ0v) is 11.8. The van der Waals surface area contributed by atoms with Gasteiger partial charge in [0.2, 0.25) is 0 Å². The third-order valence-electron chi connectivity index (χ3n) is 2.93. The van der Waals surface area contributed by atoms with Crippen LogP contribution in [0, 0.1) is 17.1 Å². The molecule has 0 N–H and O–H groups in total. The lowest BCUT2D eigenvalue weighted by atomic mass is 10.1. The molecule has 0 heterocycles. The number of halogens is 2. The molecule has 3 nitrogen and oxygen atoms in total. The van der Waals surface area contributed by atoms with Gasteiger partial charge in [0.15, 0.2) is 0 Å². The monoisotopic (exact) mass is 302 g/mol. The minimum atomic E-state index is -0.573. The Morgan fingerprint density at radius 1 is 1.24 bits per heavy atom. The number of anilines is 1. The molecular formula is C16H12ClFN2O. The van der Waals surface area contributed by atoms with E-state index in [0.29, 0.717) is 5.69 Å². The van der Waals surface area contributed by atoms with Crippen LogP contribution < -0.4 is 4.90 Å². The van der Waals surface area contributed by atoms with Crippen LogP contribution in [0.3, 0.4) is 0 Å². The van der Waals surface area contributed by atoms with Crippen LogP contribution in [0.1, 0.15) is 16.8 Å². The lowest BCUT2D eigenvalue weighted by Crippen LogP contribution is -2.31. The molecule has 0 aliphatic carbocycles. The average molecular weight is 303 g/mol. The molecule has 106 valence electrons. The third kappa shape index (κ3) is 3.59. The van der Waals surface area contributed by atoms with E-state index in [2.05, 4.69) is 0 Å². The van der Waals surface area contributed by atoms with E-state index in [1.54, 1.807) is 24.3 Å². The third-order valence-corrected chi connectivity index (χ3v) is 3.22. The normalized spacial score (nSPS) is 9.95. The van der Waals surface area contributed by atoms with Gasteiger partial charge in [0, 0.05) is 17.8 Å². The molecule has 2 rings (SSSR count). The van der Waals surface area contributed by atoms with Crippen LogP contribution in [-0.4, -0.2) is 12.5 Å². The molecular weight excluding hydrogens is 291 g/mol. The Morgan fingerprint density at radius 3 is 2.57 bits per heavy atom. The Hall–Kier alpha value is -2.38. The van der Waals surface area contributed by atoms with Crippen molar-refractivity contribution in [3.8, 4) is 6.07 Å². The minimum Gasteiger partial charge on any atom is -0.307 e. The number of nitrogens with zero attached hydrogens (tertiary/aromatic N) is 2. The summed E-state index contributed by atoms with van der Waals surface area (Å²) in [6.07, 6.45) is 0.204. The zero-order valence-electron chi connectivity index (χ0n) is 11.1. The molecule has 0 radical (unpaired) electrons. The van der Waals surface area contributed by atoms with Crippen molar-refractivity contribution >= 4 is 23.2 Å². The molecule has 0 spiro atoms. The summed E-state index contributed by atoms with van der Waals surface area (Å²) in [4.78, 5) is 14.0. The van der Waals surface area contributed by atoms with Crippen molar-refractivity contribution in [3.05, 3.63) is 64.9 Å². The van der Waals surface area contributed by atoms with E-state index in [9.17, 15) is 9.18 Å². The maximum Gasteiger partial charge on any atom is 0.258 e. The molecule has 0 aliphatic rings. The van der Waals surface area contributed by atoms with E-state index in [1.165, 1.54) is 17.0 Å². The standard InChI is InChI=1S/C16H12ClFN2O/c17-14-11-12(7-8-15(14)18)16(21)20(10-4-9-19)13-5-2-1-3-6-13/h1-3,5-8,11H,4,10H2. The van der Waals surface area contributed by atoms with Gasteiger partial charge in [-0.15, -0.1) is 0 Å². The van der Waals surface area contributed by atoms with Gasteiger partial charge in [-0.2, -0.15) is 5.26 Å².